The summed E-state index contributed by atoms with van der Waals surface area (Å²) >= 11 is 0. The van der Waals surface area contributed by atoms with Crippen LogP contribution in [0, 0.1) is 13.8 Å². The first-order valence-electron chi connectivity index (χ1n) is 6.24. The third-order valence-electron chi connectivity index (χ3n) is 3.15. The van der Waals surface area contributed by atoms with Gasteiger partial charge in [-0.1, -0.05) is 0 Å². The number of carboxylic acids is 1. The van der Waals surface area contributed by atoms with Gasteiger partial charge in [0.25, 0.3) is 0 Å². The maximum absolute atomic E-state index is 11.3. The molecular weight excluding hydrogens is 274 g/mol. The van der Waals surface area contributed by atoms with Crippen LogP contribution in [0.15, 0.2) is 18.3 Å². The molecule has 0 radical (unpaired) electrons. The highest BCUT2D eigenvalue weighted by atomic mass is 16.5. The normalized spacial score (nSPS) is 10.4. The number of methoxy groups -OCH3 is 1. The van der Waals surface area contributed by atoms with Gasteiger partial charge in [0.1, 0.15) is 5.56 Å². The summed E-state index contributed by atoms with van der Waals surface area (Å²) in [5.41, 5.74) is 2.28. The first-order chi connectivity index (χ1) is 9.93. The van der Waals surface area contributed by atoms with Crippen LogP contribution in [0.2, 0.25) is 0 Å². The Balaban J connectivity index is 2.25. The highest BCUT2D eigenvalue weighted by Crippen LogP contribution is 2.14. The largest absolute Gasteiger partial charge is 0.478 e. The highest BCUT2D eigenvalue weighted by Gasteiger charge is 2.18. The summed E-state index contributed by atoms with van der Waals surface area (Å²) in [4.78, 5) is 26.6. The Labute approximate surface area is 121 Å². The molecule has 0 bridgehead atoms. The zero-order valence-electron chi connectivity index (χ0n) is 12.0. The van der Waals surface area contributed by atoms with E-state index in [-0.39, 0.29) is 5.56 Å². The number of esters is 1. The molecule has 0 amide bonds. The summed E-state index contributed by atoms with van der Waals surface area (Å²) in [5.74, 6) is -1.45. The fourth-order valence-corrected chi connectivity index (χ4v) is 2.07. The van der Waals surface area contributed by atoms with Gasteiger partial charge in [0.15, 0.2) is 0 Å². The molecule has 0 saturated carbocycles. The lowest BCUT2D eigenvalue weighted by atomic mass is 10.2. The summed E-state index contributed by atoms with van der Waals surface area (Å²) in [7, 11) is 1.31. The fourth-order valence-electron chi connectivity index (χ4n) is 2.07. The number of nitrogens with zero attached hydrogens (tertiary/aromatic N) is 3. The summed E-state index contributed by atoms with van der Waals surface area (Å²) in [6.45, 7) is 3.69. The third-order valence-corrected chi connectivity index (χ3v) is 3.15. The van der Waals surface area contributed by atoms with Crippen LogP contribution in [-0.2, 0) is 11.3 Å². The van der Waals surface area contributed by atoms with Crippen molar-refractivity contribution in [3.8, 4) is 0 Å². The molecular formula is C14H15N3O4. The number of rotatable bonds is 4. The first-order valence-corrected chi connectivity index (χ1v) is 6.24. The average Bonchev–Trinajstić information content (AvgIpc) is 2.73. The van der Waals surface area contributed by atoms with E-state index in [1.807, 2.05) is 0 Å². The first kappa shape index (κ1) is 14.7. The van der Waals surface area contributed by atoms with Gasteiger partial charge < -0.3 is 9.84 Å². The number of carboxylic acid groups (broad SMARTS) is 1. The van der Waals surface area contributed by atoms with Crippen LogP contribution in [0.1, 0.15) is 37.8 Å². The van der Waals surface area contributed by atoms with Gasteiger partial charge in [-0.2, -0.15) is 5.10 Å². The minimum Gasteiger partial charge on any atom is -0.478 e. The maximum atomic E-state index is 11.3. The molecule has 0 atom stereocenters. The minimum absolute atomic E-state index is 0.209. The number of aryl methyl sites for hydroxylation is 1. The Kier molecular flexibility index (Phi) is 4.02. The molecule has 7 nitrogen and oxygen atoms in total. The molecule has 0 fully saturated rings. The molecule has 2 aromatic rings. The van der Waals surface area contributed by atoms with E-state index < -0.39 is 11.9 Å². The lowest BCUT2D eigenvalue weighted by molar-refractivity contribution is 0.0599. The third kappa shape index (κ3) is 2.91. The van der Waals surface area contributed by atoms with Gasteiger partial charge in [0, 0.05) is 6.20 Å². The zero-order chi connectivity index (χ0) is 15.6. The maximum Gasteiger partial charge on any atom is 0.339 e. The number of pyridine rings is 1. The average molecular weight is 289 g/mol. The van der Waals surface area contributed by atoms with Crippen molar-refractivity contribution in [1.29, 1.82) is 0 Å². The van der Waals surface area contributed by atoms with Crippen LogP contribution < -0.4 is 0 Å². The second-order valence-corrected chi connectivity index (χ2v) is 4.54. The molecule has 2 aromatic heterocycles. The van der Waals surface area contributed by atoms with Crippen molar-refractivity contribution in [2.75, 3.05) is 7.11 Å². The van der Waals surface area contributed by atoms with Gasteiger partial charge in [-0.3, -0.25) is 9.67 Å². The molecule has 0 saturated heterocycles. The topological polar surface area (TPSA) is 94.3 Å². The molecule has 0 unspecified atom stereocenters. The number of carbonyl (C=O) groups excluding carboxylic acids is 1. The Morgan fingerprint density at radius 2 is 2.05 bits per heavy atom. The number of aromatic nitrogens is 3. The molecule has 0 aliphatic carbocycles. The second kappa shape index (κ2) is 5.74. The fraction of sp³-hybridized carbons (Fsp3) is 0.286. The van der Waals surface area contributed by atoms with Crippen molar-refractivity contribution >= 4 is 11.9 Å². The van der Waals surface area contributed by atoms with Crippen molar-refractivity contribution in [2.45, 2.75) is 20.4 Å². The molecule has 1 N–H and O–H groups in total. The van der Waals surface area contributed by atoms with Gasteiger partial charge in [-0.25, -0.2) is 9.59 Å². The summed E-state index contributed by atoms with van der Waals surface area (Å²) in [6, 6.07) is 3.29. The van der Waals surface area contributed by atoms with Crippen LogP contribution >= 0.6 is 0 Å². The van der Waals surface area contributed by atoms with Gasteiger partial charge in [0.2, 0.25) is 0 Å². The molecule has 7 heteroatoms. The molecule has 0 aliphatic rings. The van der Waals surface area contributed by atoms with E-state index in [9.17, 15) is 9.59 Å². The van der Waals surface area contributed by atoms with E-state index in [1.54, 1.807) is 30.7 Å². The lowest BCUT2D eigenvalue weighted by Gasteiger charge is -2.05. The van der Waals surface area contributed by atoms with Crippen LogP contribution in [0.5, 0.6) is 0 Å². The summed E-state index contributed by atoms with van der Waals surface area (Å²) in [6.07, 6.45) is 1.42. The van der Waals surface area contributed by atoms with Gasteiger partial charge in [0.05, 0.1) is 36.3 Å². The predicted molar refractivity (Wildman–Crippen MR) is 73.3 cm³/mol. The standard InChI is InChI=1S/C14H15N3O4/c1-8-12(13(18)19)9(2)17(16-8)7-11-5-4-10(6-15-11)14(20)21-3/h4-6H,7H2,1-3H3,(H,18,19). The van der Waals surface area contributed by atoms with E-state index in [0.29, 0.717) is 29.2 Å². The Bertz CT molecular complexity index is 689. The van der Waals surface area contributed by atoms with Gasteiger partial charge in [-0.05, 0) is 26.0 Å². The Hall–Kier alpha value is -2.70. The van der Waals surface area contributed by atoms with E-state index in [2.05, 4.69) is 14.8 Å². The summed E-state index contributed by atoms with van der Waals surface area (Å²) < 4.78 is 6.18. The molecule has 110 valence electrons. The number of carbonyl (C=O) groups is 2. The van der Waals surface area contributed by atoms with Crippen molar-refractivity contribution in [2.24, 2.45) is 0 Å². The van der Waals surface area contributed by atoms with E-state index in [4.69, 9.17) is 5.11 Å². The van der Waals surface area contributed by atoms with Crippen LogP contribution in [0.3, 0.4) is 0 Å². The Morgan fingerprint density at radius 3 is 2.52 bits per heavy atom. The minimum atomic E-state index is -0.995. The van der Waals surface area contributed by atoms with E-state index in [0.717, 1.165) is 0 Å². The SMILES string of the molecule is COC(=O)c1ccc(Cn2nc(C)c(C(=O)O)c2C)nc1. The number of ether oxygens (including phenoxy) is 1. The van der Waals surface area contributed by atoms with Crippen molar-refractivity contribution in [3.05, 3.63) is 46.5 Å². The molecule has 0 aromatic carbocycles. The van der Waals surface area contributed by atoms with Crippen LogP contribution in [0.4, 0.5) is 0 Å². The van der Waals surface area contributed by atoms with Crippen LogP contribution in [0.25, 0.3) is 0 Å². The molecule has 2 heterocycles. The van der Waals surface area contributed by atoms with E-state index >= 15 is 0 Å². The highest BCUT2D eigenvalue weighted by molar-refractivity contribution is 5.90. The second-order valence-electron chi connectivity index (χ2n) is 4.54. The quantitative estimate of drug-likeness (QED) is 0.856. The number of hydrogen-bond acceptors (Lipinski definition) is 5. The number of aromatic carboxylic acids is 1. The Morgan fingerprint density at radius 1 is 1.33 bits per heavy atom. The summed E-state index contributed by atoms with van der Waals surface area (Å²) in [5, 5.41) is 13.3. The van der Waals surface area contributed by atoms with E-state index in [1.165, 1.54) is 13.3 Å². The van der Waals surface area contributed by atoms with Crippen molar-refractivity contribution < 1.29 is 19.4 Å². The smallest absolute Gasteiger partial charge is 0.339 e. The van der Waals surface area contributed by atoms with Gasteiger partial charge >= 0.3 is 11.9 Å². The van der Waals surface area contributed by atoms with Crippen LogP contribution in [-0.4, -0.2) is 38.9 Å². The zero-order valence-corrected chi connectivity index (χ0v) is 12.0. The van der Waals surface area contributed by atoms with Crippen molar-refractivity contribution in [1.82, 2.24) is 14.8 Å². The monoisotopic (exact) mass is 289 g/mol. The molecule has 0 aliphatic heterocycles. The van der Waals surface area contributed by atoms with Gasteiger partial charge in [-0.15, -0.1) is 0 Å². The lowest BCUT2D eigenvalue weighted by Crippen LogP contribution is -2.08. The molecule has 21 heavy (non-hydrogen) atoms. The predicted octanol–water partition coefficient (Wildman–Crippen LogP) is 1.43. The number of hydrogen-bond donors (Lipinski definition) is 1. The molecule has 2 rings (SSSR count). The van der Waals surface area contributed by atoms with Crippen molar-refractivity contribution in [3.63, 3.8) is 0 Å². The molecule has 0 spiro atoms.